The highest BCUT2D eigenvalue weighted by atomic mass is 32.2. The van der Waals surface area contributed by atoms with Crippen molar-refractivity contribution in [1.82, 2.24) is 4.90 Å². The number of aryl methyl sites for hydroxylation is 1. The van der Waals surface area contributed by atoms with Gasteiger partial charge in [-0.15, -0.1) is 0 Å². The van der Waals surface area contributed by atoms with Crippen LogP contribution in [0.4, 0.5) is 14.9 Å². The van der Waals surface area contributed by atoms with Gasteiger partial charge < -0.3 is 4.18 Å². The fourth-order valence-corrected chi connectivity index (χ4v) is 5.09. The zero-order valence-electron chi connectivity index (χ0n) is 18.6. The molecule has 0 aliphatic carbocycles. The van der Waals surface area contributed by atoms with Gasteiger partial charge in [-0.05, 0) is 66.2 Å². The van der Waals surface area contributed by atoms with Crippen molar-refractivity contribution in [2.75, 3.05) is 0 Å². The monoisotopic (exact) mass is 528 g/mol. The summed E-state index contributed by atoms with van der Waals surface area (Å²) in [5.41, 5.74) is 1.08. The maximum atomic E-state index is 13.1. The molecule has 0 bridgehead atoms. The molecule has 1 aliphatic heterocycles. The quantitative estimate of drug-likeness (QED) is 0.181. The highest BCUT2D eigenvalue weighted by Gasteiger charge is 2.35. The Hall–Kier alpha value is -4.03. The summed E-state index contributed by atoms with van der Waals surface area (Å²) in [5, 5.41) is 10.6. The molecule has 0 aromatic heterocycles. The number of rotatable bonds is 7. The lowest BCUT2D eigenvalue weighted by atomic mass is 10.2. The van der Waals surface area contributed by atoms with Crippen molar-refractivity contribution in [3.8, 4) is 5.75 Å². The molecule has 184 valence electrons. The summed E-state index contributed by atoms with van der Waals surface area (Å²) in [4.78, 5) is 36.3. The third-order valence-electron chi connectivity index (χ3n) is 5.18. The second kappa shape index (κ2) is 9.91. The average molecular weight is 529 g/mol. The van der Waals surface area contributed by atoms with Crippen LogP contribution < -0.4 is 4.18 Å². The summed E-state index contributed by atoms with van der Waals surface area (Å²) >= 11 is 0.758. The molecule has 4 rings (SSSR count). The molecule has 0 atom stereocenters. The number of nitro groups is 1. The standard InChI is InChI=1S/C24H17FN2O7S2/c1-15-2-11-20(13-21(15)27(30)31)36(32,33)34-19-9-5-16(6-10-19)12-22-23(28)26(24(29)35-22)14-17-3-7-18(25)8-4-17/h2-13H,14H2,1H3/b22-12-. The lowest BCUT2D eigenvalue weighted by molar-refractivity contribution is -0.385. The van der Waals surface area contributed by atoms with Gasteiger partial charge in [-0.3, -0.25) is 24.6 Å². The lowest BCUT2D eigenvalue weighted by Gasteiger charge is -2.12. The molecule has 2 amide bonds. The number of hydrogen-bond donors (Lipinski definition) is 0. The van der Waals surface area contributed by atoms with Crippen molar-refractivity contribution in [3.05, 3.63) is 104 Å². The molecule has 0 saturated carbocycles. The lowest BCUT2D eigenvalue weighted by Crippen LogP contribution is -2.27. The van der Waals surface area contributed by atoms with E-state index in [1.807, 2.05) is 0 Å². The number of nitro benzene ring substituents is 1. The number of imide groups is 1. The summed E-state index contributed by atoms with van der Waals surface area (Å²) in [6.45, 7) is 1.50. The smallest absolute Gasteiger partial charge is 0.339 e. The number of hydrogen-bond acceptors (Lipinski definition) is 8. The summed E-state index contributed by atoms with van der Waals surface area (Å²) in [6, 6.07) is 14.6. The van der Waals surface area contributed by atoms with Crippen LogP contribution in [-0.4, -0.2) is 29.4 Å². The van der Waals surface area contributed by atoms with E-state index in [1.165, 1.54) is 73.7 Å². The van der Waals surface area contributed by atoms with E-state index in [-0.39, 0.29) is 27.8 Å². The molecule has 0 spiro atoms. The third-order valence-corrected chi connectivity index (χ3v) is 7.33. The predicted molar refractivity (Wildman–Crippen MR) is 130 cm³/mol. The van der Waals surface area contributed by atoms with E-state index in [0.29, 0.717) is 16.7 Å². The number of carbonyl (C=O) groups is 2. The Kier molecular flexibility index (Phi) is 6.91. The molecule has 1 saturated heterocycles. The second-order valence-corrected chi connectivity index (χ2v) is 10.2. The van der Waals surface area contributed by atoms with Gasteiger partial charge in [0.1, 0.15) is 16.5 Å². The van der Waals surface area contributed by atoms with E-state index in [1.54, 1.807) is 0 Å². The van der Waals surface area contributed by atoms with Gasteiger partial charge in [-0.2, -0.15) is 8.42 Å². The Morgan fingerprint density at radius 3 is 2.36 bits per heavy atom. The normalized spacial score (nSPS) is 14.9. The molecule has 1 fully saturated rings. The Balaban J connectivity index is 1.48. The van der Waals surface area contributed by atoms with Crippen LogP contribution in [0, 0.1) is 22.9 Å². The number of carbonyl (C=O) groups excluding carboxylic acids is 2. The van der Waals surface area contributed by atoms with E-state index in [4.69, 9.17) is 4.18 Å². The SMILES string of the molecule is Cc1ccc(S(=O)(=O)Oc2ccc(/C=C3\SC(=O)N(Cc4ccc(F)cc4)C3=O)cc2)cc1[N+](=O)[O-]. The fourth-order valence-electron chi connectivity index (χ4n) is 3.30. The van der Waals surface area contributed by atoms with Gasteiger partial charge in [0.15, 0.2) is 0 Å². The first kappa shape index (κ1) is 25.1. The van der Waals surface area contributed by atoms with Crippen LogP contribution in [0.5, 0.6) is 5.75 Å². The van der Waals surface area contributed by atoms with Crippen LogP contribution >= 0.6 is 11.8 Å². The molecule has 1 aliphatic rings. The largest absolute Gasteiger partial charge is 0.379 e. The molecular weight excluding hydrogens is 511 g/mol. The number of amides is 2. The van der Waals surface area contributed by atoms with E-state index in [2.05, 4.69) is 0 Å². The first-order valence-electron chi connectivity index (χ1n) is 10.3. The molecule has 9 nitrogen and oxygen atoms in total. The van der Waals surface area contributed by atoms with Gasteiger partial charge in [0.2, 0.25) is 0 Å². The van der Waals surface area contributed by atoms with Gasteiger partial charge in [-0.25, -0.2) is 4.39 Å². The summed E-state index contributed by atoms with van der Waals surface area (Å²) in [6.07, 6.45) is 1.48. The minimum atomic E-state index is -4.33. The first-order chi connectivity index (χ1) is 17.0. The number of nitrogens with zero attached hydrogens (tertiary/aromatic N) is 2. The van der Waals surface area contributed by atoms with Crippen molar-refractivity contribution in [1.29, 1.82) is 0 Å². The summed E-state index contributed by atoms with van der Waals surface area (Å²) in [5.74, 6) is -0.967. The molecular formula is C24H17FN2O7S2. The average Bonchev–Trinajstić information content (AvgIpc) is 3.08. The predicted octanol–water partition coefficient (Wildman–Crippen LogP) is 5.05. The molecule has 3 aromatic rings. The maximum Gasteiger partial charge on any atom is 0.339 e. The Morgan fingerprint density at radius 2 is 1.72 bits per heavy atom. The van der Waals surface area contributed by atoms with Crippen LogP contribution in [0.1, 0.15) is 16.7 Å². The van der Waals surface area contributed by atoms with Crippen molar-refractivity contribution in [3.63, 3.8) is 0 Å². The maximum absolute atomic E-state index is 13.1. The van der Waals surface area contributed by atoms with Crippen LogP contribution in [-0.2, 0) is 21.5 Å². The molecule has 36 heavy (non-hydrogen) atoms. The molecule has 3 aromatic carbocycles. The Morgan fingerprint density at radius 1 is 1.06 bits per heavy atom. The minimum Gasteiger partial charge on any atom is -0.379 e. The minimum absolute atomic E-state index is 0.00406. The van der Waals surface area contributed by atoms with E-state index in [0.717, 1.165) is 22.7 Å². The van der Waals surface area contributed by atoms with Gasteiger partial charge in [0.05, 0.1) is 16.4 Å². The van der Waals surface area contributed by atoms with Crippen LogP contribution in [0.2, 0.25) is 0 Å². The zero-order chi connectivity index (χ0) is 26.0. The molecule has 0 N–H and O–H groups in total. The molecule has 1 heterocycles. The highest BCUT2D eigenvalue weighted by Crippen LogP contribution is 2.34. The zero-order valence-corrected chi connectivity index (χ0v) is 20.2. The van der Waals surface area contributed by atoms with Gasteiger partial charge in [0.25, 0.3) is 16.8 Å². The van der Waals surface area contributed by atoms with Crippen LogP contribution in [0.25, 0.3) is 6.08 Å². The fraction of sp³-hybridized carbons (Fsp3) is 0.0833. The van der Waals surface area contributed by atoms with E-state index >= 15 is 0 Å². The number of benzene rings is 3. The number of halogens is 1. The first-order valence-corrected chi connectivity index (χ1v) is 12.6. The van der Waals surface area contributed by atoms with Crippen molar-refractivity contribution < 1.29 is 31.5 Å². The van der Waals surface area contributed by atoms with Crippen LogP contribution in [0.3, 0.4) is 0 Å². The Labute approximate surface area is 209 Å². The highest BCUT2D eigenvalue weighted by molar-refractivity contribution is 8.18. The second-order valence-electron chi connectivity index (χ2n) is 7.71. The van der Waals surface area contributed by atoms with Gasteiger partial charge in [-0.1, -0.05) is 30.3 Å². The Bertz CT molecular complexity index is 1500. The summed E-state index contributed by atoms with van der Waals surface area (Å²) < 4.78 is 43.3. The summed E-state index contributed by atoms with van der Waals surface area (Å²) in [7, 11) is -4.33. The van der Waals surface area contributed by atoms with Crippen molar-refractivity contribution in [2.24, 2.45) is 0 Å². The van der Waals surface area contributed by atoms with Crippen LogP contribution in [0.15, 0.2) is 76.5 Å². The van der Waals surface area contributed by atoms with Crippen molar-refractivity contribution in [2.45, 2.75) is 18.4 Å². The van der Waals surface area contributed by atoms with E-state index in [9.17, 15) is 32.5 Å². The van der Waals surface area contributed by atoms with Crippen molar-refractivity contribution >= 4 is 44.8 Å². The van der Waals surface area contributed by atoms with Gasteiger partial charge in [0, 0.05) is 11.6 Å². The molecule has 0 radical (unpaired) electrons. The van der Waals surface area contributed by atoms with Gasteiger partial charge >= 0.3 is 10.1 Å². The number of thioether (sulfide) groups is 1. The third kappa shape index (κ3) is 5.44. The topological polar surface area (TPSA) is 124 Å². The molecule has 0 unspecified atom stereocenters. The molecule has 12 heteroatoms. The van der Waals surface area contributed by atoms with E-state index < -0.39 is 32.0 Å².